The fourth-order valence-corrected chi connectivity index (χ4v) is 4.08. The minimum absolute atomic E-state index is 0.336. The molecule has 1 aliphatic carbocycles. The van der Waals surface area contributed by atoms with Crippen LogP contribution in [0.25, 0.3) is 10.7 Å². The molecule has 1 fully saturated rings. The molecule has 2 atom stereocenters. The number of aromatic nitrogens is 2. The molecule has 2 aromatic heterocycles. The van der Waals surface area contributed by atoms with Crippen LogP contribution in [0.5, 0.6) is 0 Å². The second-order valence-corrected chi connectivity index (χ2v) is 6.80. The normalized spacial score (nSPS) is 23.7. The molecule has 0 aliphatic heterocycles. The maximum absolute atomic E-state index is 5.86. The number of nitrogens with two attached hydrogens (primary N) is 1. The molecule has 2 unspecified atom stereocenters. The third kappa shape index (κ3) is 2.75. The number of hydrogen-bond acceptors (Lipinski definition) is 5. The average Bonchev–Trinajstić information content (AvgIpc) is 3.07. The van der Waals surface area contributed by atoms with Gasteiger partial charge < -0.3 is 10.3 Å². The second-order valence-electron chi connectivity index (χ2n) is 4.97. The first-order chi connectivity index (χ1) is 9.28. The molecule has 4 nitrogen and oxygen atoms in total. The summed E-state index contributed by atoms with van der Waals surface area (Å²) in [5, 5.41) is 6.13. The lowest BCUT2D eigenvalue weighted by Crippen LogP contribution is -2.25. The topological polar surface area (TPSA) is 64.9 Å². The van der Waals surface area contributed by atoms with E-state index in [1.807, 2.05) is 11.4 Å². The molecular weight excluding hydrogens is 326 g/mol. The van der Waals surface area contributed by atoms with Gasteiger partial charge in [-0.1, -0.05) is 18.0 Å². The molecule has 19 heavy (non-hydrogen) atoms. The number of nitrogens with zero attached hydrogens (tertiary/aromatic N) is 2. The van der Waals surface area contributed by atoms with Gasteiger partial charge in [0.25, 0.3) is 0 Å². The highest BCUT2D eigenvalue weighted by Crippen LogP contribution is 2.37. The van der Waals surface area contributed by atoms with Gasteiger partial charge in [0, 0.05) is 15.8 Å². The first-order valence-electron chi connectivity index (χ1n) is 6.56. The standard InChI is InChI=1S/C13H16BrN3OS/c14-9-5-11(19-7-9)12-16-13(18-17-12)10-4-2-1-3-8(10)6-15/h5,7-8,10H,1-4,6,15H2. The van der Waals surface area contributed by atoms with E-state index in [4.69, 9.17) is 10.3 Å². The number of thiophene rings is 1. The van der Waals surface area contributed by atoms with Crippen molar-refractivity contribution < 1.29 is 4.52 Å². The minimum atomic E-state index is 0.336. The van der Waals surface area contributed by atoms with E-state index in [-0.39, 0.29) is 0 Å². The molecule has 1 aliphatic rings. The van der Waals surface area contributed by atoms with Crippen LogP contribution in [0.2, 0.25) is 0 Å². The van der Waals surface area contributed by atoms with Crippen molar-refractivity contribution in [3.05, 3.63) is 21.8 Å². The first kappa shape index (κ1) is 13.3. The van der Waals surface area contributed by atoms with Gasteiger partial charge >= 0.3 is 0 Å². The largest absolute Gasteiger partial charge is 0.339 e. The maximum atomic E-state index is 5.86. The summed E-state index contributed by atoms with van der Waals surface area (Å²) in [5.41, 5.74) is 5.86. The summed E-state index contributed by atoms with van der Waals surface area (Å²) >= 11 is 5.05. The highest BCUT2D eigenvalue weighted by molar-refractivity contribution is 9.10. The Labute approximate surface area is 124 Å². The Morgan fingerprint density at radius 1 is 1.42 bits per heavy atom. The third-order valence-electron chi connectivity index (χ3n) is 3.76. The second kappa shape index (κ2) is 5.73. The van der Waals surface area contributed by atoms with Crippen molar-refractivity contribution in [1.82, 2.24) is 10.1 Å². The van der Waals surface area contributed by atoms with Crippen molar-refractivity contribution in [3.8, 4) is 10.7 Å². The molecule has 0 radical (unpaired) electrons. The minimum Gasteiger partial charge on any atom is -0.339 e. The Kier molecular flexibility index (Phi) is 4.00. The SMILES string of the molecule is NCC1CCCCC1c1nc(-c2cc(Br)cs2)no1. The predicted octanol–water partition coefficient (Wildman–Crippen LogP) is 3.79. The van der Waals surface area contributed by atoms with E-state index >= 15 is 0 Å². The van der Waals surface area contributed by atoms with Crippen LogP contribution in [0, 0.1) is 5.92 Å². The molecule has 3 rings (SSSR count). The van der Waals surface area contributed by atoms with Crippen molar-refractivity contribution in [1.29, 1.82) is 0 Å². The fourth-order valence-electron chi connectivity index (χ4n) is 2.73. The van der Waals surface area contributed by atoms with Crippen LogP contribution >= 0.6 is 27.3 Å². The van der Waals surface area contributed by atoms with Gasteiger partial charge in [-0.3, -0.25) is 0 Å². The molecule has 2 aromatic rings. The van der Waals surface area contributed by atoms with Gasteiger partial charge in [0.2, 0.25) is 11.7 Å². The maximum Gasteiger partial charge on any atom is 0.230 e. The van der Waals surface area contributed by atoms with Crippen molar-refractivity contribution in [3.63, 3.8) is 0 Å². The highest BCUT2D eigenvalue weighted by Gasteiger charge is 2.30. The summed E-state index contributed by atoms with van der Waals surface area (Å²) < 4.78 is 6.53. The molecule has 0 spiro atoms. The van der Waals surface area contributed by atoms with Crippen LogP contribution in [0.1, 0.15) is 37.5 Å². The Hall–Kier alpha value is -0.720. The molecule has 0 saturated heterocycles. The monoisotopic (exact) mass is 341 g/mol. The molecule has 0 amide bonds. The van der Waals surface area contributed by atoms with E-state index in [0.29, 0.717) is 24.2 Å². The van der Waals surface area contributed by atoms with Gasteiger partial charge in [-0.15, -0.1) is 11.3 Å². The molecule has 0 bridgehead atoms. The smallest absolute Gasteiger partial charge is 0.230 e. The first-order valence-corrected chi connectivity index (χ1v) is 8.23. The van der Waals surface area contributed by atoms with Crippen LogP contribution in [0.4, 0.5) is 0 Å². The molecular formula is C13H16BrN3OS. The van der Waals surface area contributed by atoms with Crippen LogP contribution in [0.15, 0.2) is 20.4 Å². The summed E-state index contributed by atoms with van der Waals surface area (Å²) in [6, 6.07) is 2.01. The van der Waals surface area contributed by atoms with E-state index in [1.165, 1.54) is 19.3 Å². The quantitative estimate of drug-likeness (QED) is 0.922. The Bertz CT molecular complexity index is 554. The van der Waals surface area contributed by atoms with Gasteiger partial charge in [-0.05, 0) is 47.3 Å². The van der Waals surface area contributed by atoms with Crippen LogP contribution in [0.3, 0.4) is 0 Å². The van der Waals surface area contributed by atoms with Gasteiger partial charge in [-0.25, -0.2) is 0 Å². The summed E-state index contributed by atoms with van der Waals surface area (Å²) in [4.78, 5) is 5.60. The van der Waals surface area contributed by atoms with Crippen molar-refractivity contribution in [2.24, 2.45) is 11.7 Å². The van der Waals surface area contributed by atoms with Gasteiger partial charge in [-0.2, -0.15) is 4.98 Å². The fraction of sp³-hybridized carbons (Fsp3) is 0.538. The van der Waals surface area contributed by atoms with Crippen molar-refractivity contribution in [2.45, 2.75) is 31.6 Å². The Balaban J connectivity index is 1.84. The van der Waals surface area contributed by atoms with Crippen LogP contribution in [-0.2, 0) is 0 Å². The van der Waals surface area contributed by atoms with Gasteiger partial charge in [0.05, 0.1) is 4.88 Å². The number of halogens is 1. The zero-order valence-corrected chi connectivity index (χ0v) is 12.9. The van der Waals surface area contributed by atoms with Crippen molar-refractivity contribution >= 4 is 27.3 Å². The van der Waals surface area contributed by atoms with Gasteiger partial charge in [0.15, 0.2) is 0 Å². The van der Waals surface area contributed by atoms with E-state index in [9.17, 15) is 0 Å². The van der Waals surface area contributed by atoms with E-state index in [0.717, 1.165) is 21.7 Å². The average molecular weight is 342 g/mol. The zero-order chi connectivity index (χ0) is 13.2. The summed E-state index contributed by atoms with van der Waals surface area (Å²) in [7, 11) is 0. The molecule has 2 heterocycles. The predicted molar refractivity (Wildman–Crippen MR) is 79.1 cm³/mol. The highest BCUT2D eigenvalue weighted by atomic mass is 79.9. The zero-order valence-electron chi connectivity index (χ0n) is 10.5. The summed E-state index contributed by atoms with van der Waals surface area (Å²) in [6.45, 7) is 0.701. The van der Waals surface area contributed by atoms with Gasteiger partial charge in [0.1, 0.15) is 0 Å². The Morgan fingerprint density at radius 3 is 3.00 bits per heavy atom. The molecule has 1 saturated carbocycles. The Morgan fingerprint density at radius 2 is 2.26 bits per heavy atom. The summed E-state index contributed by atoms with van der Waals surface area (Å²) in [5.74, 6) is 2.27. The summed E-state index contributed by atoms with van der Waals surface area (Å²) in [6.07, 6.45) is 4.77. The lowest BCUT2D eigenvalue weighted by atomic mass is 9.79. The molecule has 2 N–H and O–H groups in total. The van der Waals surface area contributed by atoms with Crippen LogP contribution < -0.4 is 5.73 Å². The van der Waals surface area contributed by atoms with E-state index < -0.39 is 0 Å². The molecule has 6 heteroatoms. The molecule has 0 aromatic carbocycles. The molecule has 102 valence electrons. The lowest BCUT2D eigenvalue weighted by Gasteiger charge is -2.27. The number of hydrogen-bond donors (Lipinski definition) is 1. The number of rotatable bonds is 3. The lowest BCUT2D eigenvalue weighted by molar-refractivity contribution is 0.249. The van der Waals surface area contributed by atoms with Crippen LogP contribution in [-0.4, -0.2) is 16.7 Å². The third-order valence-corrected chi connectivity index (χ3v) is 5.45. The van der Waals surface area contributed by atoms with E-state index in [1.54, 1.807) is 11.3 Å². The van der Waals surface area contributed by atoms with Crippen molar-refractivity contribution in [2.75, 3.05) is 6.54 Å². The van der Waals surface area contributed by atoms with E-state index in [2.05, 4.69) is 26.1 Å².